The van der Waals surface area contributed by atoms with Crippen molar-refractivity contribution >= 4 is 0 Å². The van der Waals surface area contributed by atoms with Crippen molar-refractivity contribution < 1.29 is 4.42 Å². The van der Waals surface area contributed by atoms with E-state index in [0.717, 1.165) is 75.1 Å². The number of aromatic nitrogens is 2. The first kappa shape index (κ1) is 18.9. The molecule has 0 aliphatic carbocycles. The van der Waals surface area contributed by atoms with Gasteiger partial charge in [-0.3, -0.25) is 14.9 Å². The van der Waals surface area contributed by atoms with Gasteiger partial charge in [0, 0.05) is 57.9 Å². The lowest BCUT2D eigenvalue weighted by Gasteiger charge is -2.34. The van der Waals surface area contributed by atoms with Gasteiger partial charge in [0.05, 0.1) is 6.20 Å². The molecular weight excluding hydrogens is 350 g/mol. The van der Waals surface area contributed by atoms with Gasteiger partial charge in [-0.1, -0.05) is 30.3 Å². The average Bonchev–Trinajstić information content (AvgIpc) is 3.36. The SMILES string of the molecule is Cc1ccc(-c2[nH]ncc2CNCCN2CCN(Cc3ccccc3)CC2)o1. The van der Waals surface area contributed by atoms with E-state index in [1.54, 1.807) is 0 Å². The minimum Gasteiger partial charge on any atom is -0.460 e. The van der Waals surface area contributed by atoms with Crippen LogP contribution in [0.1, 0.15) is 16.9 Å². The molecule has 6 heteroatoms. The summed E-state index contributed by atoms with van der Waals surface area (Å²) in [6.45, 7) is 10.4. The fourth-order valence-electron chi connectivity index (χ4n) is 3.70. The van der Waals surface area contributed by atoms with Gasteiger partial charge in [0.15, 0.2) is 5.76 Å². The summed E-state index contributed by atoms with van der Waals surface area (Å²) >= 11 is 0. The first-order chi connectivity index (χ1) is 13.8. The third-order valence-corrected chi connectivity index (χ3v) is 5.34. The lowest BCUT2D eigenvalue weighted by molar-refractivity contribution is 0.127. The molecule has 0 radical (unpaired) electrons. The molecule has 0 saturated carbocycles. The molecule has 1 aliphatic rings. The third kappa shape index (κ3) is 4.90. The van der Waals surface area contributed by atoms with Gasteiger partial charge in [0.1, 0.15) is 11.5 Å². The summed E-state index contributed by atoms with van der Waals surface area (Å²) in [5, 5.41) is 10.8. The molecule has 2 aromatic heterocycles. The summed E-state index contributed by atoms with van der Waals surface area (Å²) in [6, 6.07) is 14.7. The number of hydrogen-bond donors (Lipinski definition) is 2. The number of piperazine rings is 1. The molecule has 6 nitrogen and oxygen atoms in total. The maximum atomic E-state index is 5.71. The van der Waals surface area contributed by atoms with Crippen LogP contribution in [-0.2, 0) is 13.1 Å². The van der Waals surface area contributed by atoms with Crippen LogP contribution in [0.2, 0.25) is 0 Å². The molecule has 0 bridgehead atoms. The smallest absolute Gasteiger partial charge is 0.152 e. The summed E-state index contributed by atoms with van der Waals surface area (Å²) in [5.74, 6) is 1.76. The van der Waals surface area contributed by atoms with Gasteiger partial charge < -0.3 is 9.73 Å². The minimum absolute atomic E-state index is 0.791. The second kappa shape index (κ2) is 9.19. The lowest BCUT2D eigenvalue weighted by atomic mass is 10.2. The van der Waals surface area contributed by atoms with E-state index in [4.69, 9.17) is 4.42 Å². The van der Waals surface area contributed by atoms with E-state index < -0.39 is 0 Å². The largest absolute Gasteiger partial charge is 0.460 e. The summed E-state index contributed by atoms with van der Waals surface area (Å²) in [6.07, 6.45) is 1.88. The first-order valence-electron chi connectivity index (χ1n) is 10.1. The Kier molecular flexibility index (Phi) is 6.21. The van der Waals surface area contributed by atoms with Crippen LogP contribution >= 0.6 is 0 Å². The Bertz CT molecular complexity index is 849. The Morgan fingerprint density at radius 3 is 2.57 bits per heavy atom. The Morgan fingerprint density at radius 1 is 1.04 bits per heavy atom. The number of nitrogens with zero attached hydrogens (tertiary/aromatic N) is 3. The van der Waals surface area contributed by atoms with Crippen LogP contribution in [-0.4, -0.2) is 59.3 Å². The quantitative estimate of drug-likeness (QED) is 0.590. The first-order valence-corrected chi connectivity index (χ1v) is 10.1. The van der Waals surface area contributed by atoms with Gasteiger partial charge in [-0.2, -0.15) is 5.10 Å². The highest BCUT2D eigenvalue weighted by Crippen LogP contribution is 2.23. The van der Waals surface area contributed by atoms with Gasteiger partial charge in [0.2, 0.25) is 0 Å². The maximum absolute atomic E-state index is 5.71. The van der Waals surface area contributed by atoms with Gasteiger partial charge in [0.25, 0.3) is 0 Å². The predicted octanol–water partition coefficient (Wildman–Crippen LogP) is 2.89. The van der Waals surface area contributed by atoms with Crippen LogP contribution in [0.25, 0.3) is 11.5 Å². The Balaban J connectivity index is 1.17. The average molecular weight is 380 g/mol. The van der Waals surface area contributed by atoms with Crippen molar-refractivity contribution in [2.24, 2.45) is 0 Å². The van der Waals surface area contributed by atoms with Crippen molar-refractivity contribution in [3.63, 3.8) is 0 Å². The van der Waals surface area contributed by atoms with Crippen LogP contribution in [0.4, 0.5) is 0 Å². The van der Waals surface area contributed by atoms with Gasteiger partial charge in [-0.05, 0) is 24.6 Å². The molecule has 3 heterocycles. The molecule has 1 fully saturated rings. The van der Waals surface area contributed by atoms with E-state index in [1.807, 2.05) is 25.3 Å². The summed E-state index contributed by atoms with van der Waals surface area (Å²) < 4.78 is 5.71. The molecule has 2 N–H and O–H groups in total. The van der Waals surface area contributed by atoms with Crippen molar-refractivity contribution in [2.45, 2.75) is 20.0 Å². The predicted molar refractivity (Wildman–Crippen MR) is 111 cm³/mol. The standard InChI is InChI=1S/C22H29N5O/c1-18-7-8-21(28-18)22-20(16-24-25-22)15-23-9-10-26-11-13-27(14-12-26)17-19-5-3-2-4-6-19/h2-8,16,23H,9-15,17H2,1H3,(H,24,25). The molecule has 0 unspecified atom stereocenters. The van der Waals surface area contributed by atoms with E-state index in [0.29, 0.717) is 0 Å². The zero-order chi connectivity index (χ0) is 19.2. The molecular formula is C22H29N5O. The Hall–Kier alpha value is -2.41. The molecule has 0 amide bonds. The molecule has 3 aromatic rings. The van der Waals surface area contributed by atoms with Crippen LogP contribution < -0.4 is 5.32 Å². The number of H-pyrrole nitrogens is 1. The molecule has 1 aliphatic heterocycles. The van der Waals surface area contributed by atoms with Crippen LogP contribution in [0.15, 0.2) is 53.1 Å². The van der Waals surface area contributed by atoms with Crippen molar-refractivity contribution in [2.75, 3.05) is 39.3 Å². The van der Waals surface area contributed by atoms with E-state index in [-0.39, 0.29) is 0 Å². The zero-order valence-electron chi connectivity index (χ0n) is 16.5. The van der Waals surface area contributed by atoms with Crippen molar-refractivity contribution in [1.82, 2.24) is 25.3 Å². The highest BCUT2D eigenvalue weighted by molar-refractivity contribution is 5.56. The van der Waals surface area contributed by atoms with Crippen LogP contribution in [0.5, 0.6) is 0 Å². The molecule has 0 atom stereocenters. The van der Waals surface area contributed by atoms with Crippen LogP contribution in [0.3, 0.4) is 0 Å². The van der Waals surface area contributed by atoms with E-state index >= 15 is 0 Å². The molecule has 0 spiro atoms. The van der Waals surface area contributed by atoms with Crippen molar-refractivity contribution in [3.05, 3.63) is 65.5 Å². The highest BCUT2D eigenvalue weighted by atomic mass is 16.3. The van der Waals surface area contributed by atoms with Gasteiger partial charge >= 0.3 is 0 Å². The number of hydrogen-bond acceptors (Lipinski definition) is 5. The molecule has 148 valence electrons. The maximum Gasteiger partial charge on any atom is 0.152 e. The molecule has 1 aromatic carbocycles. The monoisotopic (exact) mass is 379 g/mol. The Morgan fingerprint density at radius 2 is 1.82 bits per heavy atom. The van der Waals surface area contributed by atoms with E-state index in [9.17, 15) is 0 Å². The second-order valence-electron chi connectivity index (χ2n) is 7.46. The summed E-state index contributed by atoms with van der Waals surface area (Å²) in [5.41, 5.74) is 3.51. The second-order valence-corrected chi connectivity index (χ2v) is 7.46. The van der Waals surface area contributed by atoms with Gasteiger partial charge in [-0.25, -0.2) is 0 Å². The Labute approximate surface area is 166 Å². The molecule has 28 heavy (non-hydrogen) atoms. The number of aryl methyl sites for hydroxylation is 1. The van der Waals surface area contributed by atoms with E-state index in [1.165, 1.54) is 5.56 Å². The number of nitrogens with one attached hydrogen (secondary N) is 2. The topological polar surface area (TPSA) is 60.3 Å². The lowest BCUT2D eigenvalue weighted by Crippen LogP contribution is -2.47. The minimum atomic E-state index is 0.791. The van der Waals surface area contributed by atoms with E-state index in [2.05, 4.69) is 55.6 Å². The summed E-state index contributed by atoms with van der Waals surface area (Å²) in [4.78, 5) is 5.09. The van der Waals surface area contributed by atoms with Crippen molar-refractivity contribution in [3.8, 4) is 11.5 Å². The van der Waals surface area contributed by atoms with Gasteiger partial charge in [-0.15, -0.1) is 0 Å². The number of benzene rings is 1. The normalized spacial score (nSPS) is 15.9. The fraction of sp³-hybridized carbons (Fsp3) is 0.409. The molecule has 1 saturated heterocycles. The van der Waals surface area contributed by atoms with Crippen LogP contribution in [0, 0.1) is 6.92 Å². The number of rotatable bonds is 8. The molecule has 4 rings (SSSR count). The highest BCUT2D eigenvalue weighted by Gasteiger charge is 2.16. The third-order valence-electron chi connectivity index (χ3n) is 5.34. The number of furan rings is 1. The fourth-order valence-corrected chi connectivity index (χ4v) is 3.70. The number of aromatic amines is 1. The summed E-state index contributed by atoms with van der Waals surface area (Å²) in [7, 11) is 0. The zero-order valence-corrected chi connectivity index (χ0v) is 16.5. The van der Waals surface area contributed by atoms with Crippen molar-refractivity contribution in [1.29, 1.82) is 0 Å².